The van der Waals surface area contributed by atoms with Crippen LogP contribution in [0.15, 0.2) is 52.6 Å². The number of aliphatic hydroxyl groups excluding tert-OH is 3. The molecule has 0 amide bonds. The van der Waals surface area contributed by atoms with Crippen LogP contribution in [0.25, 0.3) is 0 Å². The van der Waals surface area contributed by atoms with E-state index in [1.54, 1.807) is 0 Å². The lowest BCUT2D eigenvalue weighted by molar-refractivity contribution is 0.0862. The van der Waals surface area contributed by atoms with Gasteiger partial charge in [0.2, 0.25) is 0 Å². The van der Waals surface area contributed by atoms with E-state index in [2.05, 4.69) is 52.5 Å². The predicted octanol–water partition coefficient (Wildman–Crippen LogP) is 5.67. The second-order valence-corrected chi connectivity index (χ2v) is 13.5. The summed E-state index contributed by atoms with van der Waals surface area (Å²) in [5.41, 5.74) is 3.00. The highest BCUT2D eigenvalue weighted by Crippen LogP contribution is 2.60. The van der Waals surface area contributed by atoms with Crippen LogP contribution in [0.1, 0.15) is 85.5 Å². The molecule has 1 aliphatic heterocycles. The van der Waals surface area contributed by atoms with Crippen molar-refractivity contribution in [2.75, 3.05) is 6.61 Å². The van der Waals surface area contributed by atoms with Gasteiger partial charge in [-0.25, -0.2) is 4.99 Å². The van der Waals surface area contributed by atoms with E-state index in [1.165, 1.54) is 31.3 Å². The highest BCUT2D eigenvalue weighted by Gasteiger charge is 2.56. The highest BCUT2D eigenvalue weighted by molar-refractivity contribution is 5.88. The molecule has 5 nitrogen and oxygen atoms in total. The second-order valence-electron chi connectivity index (χ2n) is 13.5. The maximum absolute atomic E-state index is 11.1. The molecule has 1 heterocycles. The Bertz CT molecular complexity index is 1030. The van der Waals surface area contributed by atoms with Crippen LogP contribution < -0.4 is 0 Å². The van der Waals surface area contributed by atoms with E-state index >= 15 is 0 Å². The molecular formula is C32H47NO4. The Morgan fingerprint density at radius 1 is 1.08 bits per heavy atom. The maximum atomic E-state index is 11.1. The third-order valence-electron chi connectivity index (χ3n) is 10.3. The van der Waals surface area contributed by atoms with Crippen molar-refractivity contribution >= 4 is 5.90 Å². The summed E-state index contributed by atoms with van der Waals surface area (Å²) in [5.74, 6) is 2.30. The summed E-state index contributed by atoms with van der Waals surface area (Å²) in [6.07, 6.45) is 15.8. The summed E-state index contributed by atoms with van der Waals surface area (Å²) < 4.78 is 5.92. The smallest absolute Gasteiger partial charge is 0.193 e. The Morgan fingerprint density at radius 2 is 1.84 bits per heavy atom. The number of allylic oxidation sites excluding steroid dienone is 4. The quantitative estimate of drug-likeness (QED) is 0.403. The average Bonchev–Trinajstić information content (AvgIpc) is 3.45. The molecule has 5 rings (SSSR count). The Balaban J connectivity index is 1.28. The van der Waals surface area contributed by atoms with Gasteiger partial charge in [0, 0.05) is 6.42 Å². The average molecular weight is 510 g/mol. The number of aliphatic imine (C=N–C) groups is 1. The fourth-order valence-electron chi connectivity index (χ4n) is 7.82. The number of hydrogen-bond donors (Lipinski definition) is 3. The summed E-state index contributed by atoms with van der Waals surface area (Å²) in [5, 5.41) is 31.5. The van der Waals surface area contributed by atoms with Crippen molar-refractivity contribution in [1.29, 1.82) is 0 Å². The standard InChI is InChI=1S/C32H47NO4/c1-20(8-13-28(36)32(15-16-32)29-33-30(3,4)19-37-29)25-11-12-26-22(7-6-14-31(25,26)5)9-10-23-17-24(34)18-27(35)21(23)2/h8-10,13,20,24-28,34-36H,2,6-7,11-12,14-19H2,1,3-5H3/b13-8+,22-9+,23-10-/t20-,24-,25-,26+,27+,28+,31-/m1/s1. The van der Waals surface area contributed by atoms with Gasteiger partial charge in [-0.2, -0.15) is 0 Å². The first kappa shape index (κ1) is 26.9. The molecule has 0 spiro atoms. The predicted molar refractivity (Wildman–Crippen MR) is 148 cm³/mol. The molecule has 0 unspecified atom stereocenters. The molecule has 3 N–H and O–H groups in total. The molecule has 5 aliphatic rings. The summed E-state index contributed by atoms with van der Waals surface area (Å²) in [7, 11) is 0. The van der Waals surface area contributed by atoms with Crippen LogP contribution >= 0.6 is 0 Å². The van der Waals surface area contributed by atoms with Gasteiger partial charge in [-0.1, -0.05) is 50.3 Å². The molecule has 7 atom stereocenters. The number of rotatable bonds is 6. The van der Waals surface area contributed by atoms with Crippen LogP contribution in [0.5, 0.6) is 0 Å². The van der Waals surface area contributed by atoms with E-state index < -0.39 is 18.3 Å². The van der Waals surface area contributed by atoms with Crippen LogP contribution in [-0.2, 0) is 4.74 Å². The van der Waals surface area contributed by atoms with Gasteiger partial charge in [0.1, 0.15) is 6.61 Å². The minimum atomic E-state index is -0.641. The van der Waals surface area contributed by atoms with Crippen molar-refractivity contribution in [3.8, 4) is 0 Å². The lowest BCUT2D eigenvalue weighted by atomic mass is 9.61. The fourth-order valence-corrected chi connectivity index (χ4v) is 7.82. The van der Waals surface area contributed by atoms with Crippen molar-refractivity contribution in [2.24, 2.45) is 33.6 Å². The van der Waals surface area contributed by atoms with Crippen molar-refractivity contribution in [1.82, 2.24) is 0 Å². The topological polar surface area (TPSA) is 82.3 Å². The fraction of sp³-hybridized carbons (Fsp3) is 0.719. The van der Waals surface area contributed by atoms with Gasteiger partial charge in [0.25, 0.3) is 0 Å². The first-order chi connectivity index (χ1) is 17.4. The van der Waals surface area contributed by atoms with Crippen LogP contribution in [0, 0.1) is 28.6 Å². The largest absolute Gasteiger partial charge is 0.478 e. The zero-order valence-corrected chi connectivity index (χ0v) is 23.2. The number of aliphatic hydroxyl groups is 3. The van der Waals surface area contributed by atoms with E-state index in [0.717, 1.165) is 36.3 Å². The van der Waals surface area contributed by atoms with E-state index in [9.17, 15) is 15.3 Å². The molecule has 0 aromatic carbocycles. The van der Waals surface area contributed by atoms with Crippen LogP contribution in [0.4, 0.5) is 0 Å². The monoisotopic (exact) mass is 509 g/mol. The molecular weight excluding hydrogens is 462 g/mol. The van der Waals surface area contributed by atoms with Crippen LogP contribution in [0.3, 0.4) is 0 Å². The molecule has 0 aromatic heterocycles. The van der Waals surface area contributed by atoms with Gasteiger partial charge < -0.3 is 20.1 Å². The summed E-state index contributed by atoms with van der Waals surface area (Å²) in [4.78, 5) is 4.77. The third kappa shape index (κ3) is 5.04. The van der Waals surface area contributed by atoms with Gasteiger partial charge in [-0.3, -0.25) is 0 Å². The van der Waals surface area contributed by atoms with E-state index in [1.807, 2.05) is 6.08 Å². The first-order valence-corrected chi connectivity index (χ1v) is 14.5. The Labute approximate surface area is 223 Å². The summed E-state index contributed by atoms with van der Waals surface area (Å²) in [6.45, 7) is 13.6. The van der Waals surface area contributed by atoms with E-state index in [4.69, 9.17) is 9.73 Å². The van der Waals surface area contributed by atoms with Gasteiger partial charge >= 0.3 is 0 Å². The number of nitrogens with zero attached hydrogens (tertiary/aromatic N) is 1. The molecule has 4 fully saturated rings. The molecule has 0 bridgehead atoms. The number of fused-ring (bicyclic) bond motifs is 1. The number of hydrogen-bond acceptors (Lipinski definition) is 5. The zero-order valence-electron chi connectivity index (χ0n) is 23.2. The minimum Gasteiger partial charge on any atom is -0.478 e. The molecule has 4 aliphatic carbocycles. The maximum Gasteiger partial charge on any atom is 0.193 e. The normalized spacial score (nSPS) is 40.5. The molecule has 37 heavy (non-hydrogen) atoms. The lowest BCUT2D eigenvalue weighted by Crippen LogP contribution is -2.35. The van der Waals surface area contributed by atoms with Crippen molar-refractivity contribution in [3.05, 3.63) is 47.6 Å². The zero-order chi connectivity index (χ0) is 26.6. The van der Waals surface area contributed by atoms with E-state index in [-0.39, 0.29) is 16.4 Å². The number of ether oxygens (including phenoxy) is 1. The minimum absolute atomic E-state index is 0.193. The molecule has 0 aromatic rings. The summed E-state index contributed by atoms with van der Waals surface area (Å²) >= 11 is 0. The second kappa shape index (κ2) is 9.81. The van der Waals surface area contributed by atoms with Crippen molar-refractivity contribution in [2.45, 2.75) is 109 Å². The van der Waals surface area contributed by atoms with Crippen molar-refractivity contribution in [3.63, 3.8) is 0 Å². The van der Waals surface area contributed by atoms with Gasteiger partial charge in [0.05, 0.1) is 29.3 Å². The van der Waals surface area contributed by atoms with Gasteiger partial charge in [-0.15, -0.1) is 0 Å². The molecule has 0 radical (unpaired) electrons. The molecule has 0 saturated heterocycles. The highest BCUT2D eigenvalue weighted by atomic mass is 16.5. The lowest BCUT2D eigenvalue weighted by Gasteiger charge is -2.44. The van der Waals surface area contributed by atoms with E-state index in [0.29, 0.717) is 37.2 Å². The van der Waals surface area contributed by atoms with Gasteiger partial charge in [-0.05, 0) is 99.5 Å². The molecule has 204 valence electrons. The molecule has 5 heteroatoms. The third-order valence-corrected chi connectivity index (χ3v) is 10.3. The molecule has 4 saturated carbocycles. The summed E-state index contributed by atoms with van der Waals surface area (Å²) in [6, 6.07) is 0. The Hall–Kier alpha value is -1.69. The van der Waals surface area contributed by atoms with Crippen LogP contribution in [-0.4, -0.2) is 51.7 Å². The Kier molecular flexibility index (Phi) is 7.13. The Morgan fingerprint density at radius 3 is 2.51 bits per heavy atom. The first-order valence-electron chi connectivity index (χ1n) is 14.5. The van der Waals surface area contributed by atoms with Crippen molar-refractivity contribution < 1.29 is 20.1 Å². The van der Waals surface area contributed by atoms with Crippen LogP contribution in [0.2, 0.25) is 0 Å². The SMILES string of the molecule is C=C1/C(=C\C=C2/CCC[C@]3(C)[C@@H]([C@H](C)/C=C/[C@H](O)C4(C5=NC(C)(C)CO5)CC4)CC[C@@H]23)C[C@@H](O)C[C@@H]1O. The van der Waals surface area contributed by atoms with Gasteiger partial charge in [0.15, 0.2) is 5.90 Å².